The number of esters is 2. The van der Waals surface area contributed by atoms with Crippen molar-refractivity contribution in [1.29, 1.82) is 0 Å². The SMILES string of the molecule is COC(=O)c1cccc(S(=O)(=O)Cl)c1.COC(=O)c1cccc(S(=O)(=O)O)c1.O=C(O)c1cccc(S(=O)(=O)Cl)c1. The molecule has 0 spiro atoms. The molecule has 0 amide bonds. The molecule has 41 heavy (non-hydrogen) atoms. The molecule has 18 heteroatoms. The first-order chi connectivity index (χ1) is 18.8. The van der Waals surface area contributed by atoms with Gasteiger partial charge in [-0.1, -0.05) is 18.2 Å². The van der Waals surface area contributed by atoms with Crippen LogP contribution < -0.4 is 0 Å². The van der Waals surface area contributed by atoms with Gasteiger partial charge in [0, 0.05) is 21.4 Å². The maximum atomic E-state index is 11.0. The molecular weight excluding hydrogens is 651 g/mol. The molecule has 0 saturated carbocycles. The van der Waals surface area contributed by atoms with Gasteiger partial charge in [-0.15, -0.1) is 0 Å². The first-order valence-corrected chi connectivity index (χ1v) is 16.4. The van der Waals surface area contributed by atoms with Crippen LogP contribution in [0.5, 0.6) is 0 Å². The number of halogens is 2. The minimum absolute atomic E-state index is 0.0719. The zero-order valence-corrected chi connectivity index (χ0v) is 24.8. The van der Waals surface area contributed by atoms with E-state index in [0.29, 0.717) is 0 Å². The summed E-state index contributed by atoms with van der Waals surface area (Å²) in [5.41, 5.74) is 0.110. The van der Waals surface area contributed by atoms with Crippen LogP contribution in [0.15, 0.2) is 87.5 Å². The highest BCUT2D eigenvalue weighted by Crippen LogP contribution is 2.17. The van der Waals surface area contributed by atoms with E-state index in [9.17, 15) is 39.6 Å². The van der Waals surface area contributed by atoms with Crippen molar-refractivity contribution in [2.24, 2.45) is 0 Å². The predicted molar refractivity (Wildman–Crippen MR) is 145 cm³/mol. The highest BCUT2D eigenvalue weighted by atomic mass is 35.7. The number of carbonyl (C=O) groups is 3. The number of ether oxygens (including phenoxy) is 2. The zero-order chi connectivity index (χ0) is 31.6. The molecule has 222 valence electrons. The second-order valence-electron chi connectivity index (χ2n) is 7.22. The summed E-state index contributed by atoms with van der Waals surface area (Å²) in [5.74, 6) is -2.45. The van der Waals surface area contributed by atoms with E-state index < -0.39 is 46.1 Å². The third-order valence-electron chi connectivity index (χ3n) is 4.45. The minimum Gasteiger partial charge on any atom is -0.478 e. The molecule has 0 unspecified atom stereocenters. The highest BCUT2D eigenvalue weighted by molar-refractivity contribution is 8.14. The number of methoxy groups -OCH3 is 2. The molecule has 0 aromatic heterocycles. The van der Waals surface area contributed by atoms with Crippen LogP contribution in [0.3, 0.4) is 0 Å². The molecule has 0 heterocycles. The molecule has 13 nitrogen and oxygen atoms in total. The summed E-state index contributed by atoms with van der Waals surface area (Å²) in [6.07, 6.45) is 0. The fourth-order valence-corrected chi connectivity index (χ4v) is 4.69. The lowest BCUT2D eigenvalue weighted by molar-refractivity contribution is 0.0591. The zero-order valence-electron chi connectivity index (χ0n) is 20.8. The van der Waals surface area contributed by atoms with Gasteiger partial charge in [0.15, 0.2) is 0 Å². The molecule has 0 aliphatic heterocycles. The van der Waals surface area contributed by atoms with E-state index in [-0.39, 0.29) is 31.4 Å². The van der Waals surface area contributed by atoms with Crippen molar-refractivity contribution < 1.29 is 58.8 Å². The topological polar surface area (TPSA) is 213 Å². The van der Waals surface area contributed by atoms with Crippen molar-refractivity contribution in [3.8, 4) is 0 Å². The predicted octanol–water partition coefficient (Wildman–Crippen LogP) is 3.43. The Balaban J connectivity index is 0.000000308. The Morgan fingerprint density at radius 2 is 0.927 bits per heavy atom. The molecule has 0 saturated heterocycles. The van der Waals surface area contributed by atoms with Gasteiger partial charge in [-0.3, -0.25) is 4.55 Å². The molecule has 3 aromatic rings. The summed E-state index contributed by atoms with van der Waals surface area (Å²) in [5, 5.41) is 8.54. The van der Waals surface area contributed by atoms with Crippen LogP contribution in [0.2, 0.25) is 0 Å². The van der Waals surface area contributed by atoms with Crippen LogP contribution in [0.1, 0.15) is 31.1 Å². The Morgan fingerprint density at radius 1 is 0.610 bits per heavy atom. The Hall–Kier alpha value is -3.54. The number of hydrogen-bond acceptors (Lipinski definition) is 11. The van der Waals surface area contributed by atoms with Crippen molar-refractivity contribution in [3.63, 3.8) is 0 Å². The minimum atomic E-state index is -4.27. The fourth-order valence-electron chi connectivity index (χ4n) is 2.57. The monoisotopic (exact) mass is 670 g/mol. The standard InChI is InChI=1S/C8H7ClO4S.C8H8O5S.C7H5ClO4S/c1-13-8(10)6-3-2-4-7(5-6)14(9,11)12;1-13-8(9)6-3-2-4-7(5-6)14(10,11)12;8-13(11,12)6-3-1-2-5(4-6)7(9)10/h2-5H,1H3;2-5H,1H3,(H,10,11,12);1-4H,(H,9,10). The lowest BCUT2D eigenvalue weighted by Crippen LogP contribution is -2.04. The molecule has 2 N–H and O–H groups in total. The molecule has 0 atom stereocenters. The van der Waals surface area contributed by atoms with E-state index in [1.165, 1.54) is 68.8 Å². The molecule has 3 rings (SSSR count). The summed E-state index contributed by atoms with van der Waals surface area (Å²) in [7, 11) is 0.581. The number of carboxylic acids is 1. The van der Waals surface area contributed by atoms with Crippen LogP contribution >= 0.6 is 21.4 Å². The number of hydrogen-bond donors (Lipinski definition) is 2. The molecule has 3 aromatic carbocycles. The second kappa shape index (κ2) is 14.9. The van der Waals surface area contributed by atoms with Crippen molar-refractivity contribution in [1.82, 2.24) is 0 Å². The van der Waals surface area contributed by atoms with Gasteiger partial charge < -0.3 is 14.6 Å². The normalized spacial score (nSPS) is 11.0. The van der Waals surface area contributed by atoms with Gasteiger partial charge in [0.05, 0.1) is 45.6 Å². The second-order valence-corrected chi connectivity index (χ2v) is 13.8. The van der Waals surface area contributed by atoms with E-state index in [1.807, 2.05) is 0 Å². The Morgan fingerprint density at radius 3 is 1.24 bits per heavy atom. The number of benzene rings is 3. The molecule has 0 radical (unpaired) electrons. The third-order valence-corrected chi connectivity index (χ3v) is 8.00. The average Bonchev–Trinajstić information content (AvgIpc) is 2.91. The van der Waals surface area contributed by atoms with Crippen LogP contribution in [0, 0.1) is 0 Å². The van der Waals surface area contributed by atoms with E-state index in [4.69, 9.17) is 31.0 Å². The van der Waals surface area contributed by atoms with Crippen molar-refractivity contribution >= 4 is 67.5 Å². The largest absolute Gasteiger partial charge is 0.478 e. The van der Waals surface area contributed by atoms with Crippen molar-refractivity contribution in [2.45, 2.75) is 14.7 Å². The molecule has 0 bridgehead atoms. The van der Waals surface area contributed by atoms with Gasteiger partial charge in [-0.05, 0) is 54.6 Å². The van der Waals surface area contributed by atoms with Crippen LogP contribution in [-0.2, 0) is 37.7 Å². The smallest absolute Gasteiger partial charge is 0.337 e. The molecule has 0 fully saturated rings. The van der Waals surface area contributed by atoms with Crippen molar-refractivity contribution in [3.05, 3.63) is 89.5 Å². The highest BCUT2D eigenvalue weighted by Gasteiger charge is 2.14. The van der Waals surface area contributed by atoms with Gasteiger partial charge in [-0.25, -0.2) is 31.2 Å². The van der Waals surface area contributed by atoms with Gasteiger partial charge in [0.1, 0.15) is 0 Å². The lowest BCUT2D eigenvalue weighted by atomic mass is 10.2. The number of carboxylic acid groups (broad SMARTS) is 1. The quantitative estimate of drug-likeness (QED) is 0.219. The van der Waals surface area contributed by atoms with Crippen LogP contribution in [-0.4, -0.2) is 67.0 Å². The van der Waals surface area contributed by atoms with Crippen LogP contribution in [0.4, 0.5) is 0 Å². The third kappa shape index (κ3) is 11.8. The first kappa shape index (κ1) is 35.5. The van der Waals surface area contributed by atoms with E-state index in [0.717, 1.165) is 18.2 Å². The first-order valence-electron chi connectivity index (χ1n) is 10.4. The summed E-state index contributed by atoms with van der Waals surface area (Å²) < 4.78 is 82.3. The number of carbonyl (C=O) groups excluding carboxylic acids is 2. The summed E-state index contributed by atoms with van der Waals surface area (Å²) >= 11 is 0. The Kier molecular flexibility index (Phi) is 12.9. The van der Waals surface area contributed by atoms with Gasteiger partial charge in [-0.2, -0.15) is 8.42 Å². The maximum Gasteiger partial charge on any atom is 0.337 e. The van der Waals surface area contributed by atoms with Gasteiger partial charge in [0.25, 0.3) is 28.2 Å². The summed E-state index contributed by atoms with van der Waals surface area (Å²) in [4.78, 5) is 31.8. The Bertz CT molecular complexity index is 1660. The Labute approximate surface area is 243 Å². The average molecular weight is 672 g/mol. The van der Waals surface area contributed by atoms with Gasteiger partial charge >= 0.3 is 17.9 Å². The van der Waals surface area contributed by atoms with E-state index in [2.05, 4.69) is 9.47 Å². The molecular formula is C23H20Cl2O13S3. The van der Waals surface area contributed by atoms with E-state index in [1.54, 1.807) is 0 Å². The summed E-state index contributed by atoms with van der Waals surface area (Å²) in [6.45, 7) is 0. The van der Waals surface area contributed by atoms with Crippen molar-refractivity contribution in [2.75, 3.05) is 14.2 Å². The number of aromatic carboxylic acids is 1. The van der Waals surface area contributed by atoms with Crippen LogP contribution in [0.25, 0.3) is 0 Å². The van der Waals surface area contributed by atoms with Gasteiger partial charge in [0.2, 0.25) is 0 Å². The summed E-state index contributed by atoms with van der Waals surface area (Å²) in [6, 6.07) is 15.1. The van der Waals surface area contributed by atoms with E-state index >= 15 is 0 Å². The fraction of sp³-hybridized carbons (Fsp3) is 0.0870. The lowest BCUT2D eigenvalue weighted by Gasteiger charge is -2.00. The molecule has 0 aliphatic carbocycles. The maximum absolute atomic E-state index is 11.0. The number of rotatable bonds is 6. The molecule has 0 aliphatic rings.